The third kappa shape index (κ3) is 6.02. The van der Waals surface area contributed by atoms with Gasteiger partial charge >= 0.3 is 0 Å². The third-order valence-electron chi connectivity index (χ3n) is 5.24. The quantitative estimate of drug-likeness (QED) is 0.415. The van der Waals surface area contributed by atoms with Crippen LogP contribution in [0.4, 0.5) is 0 Å². The number of amides is 1. The lowest BCUT2D eigenvalue weighted by Crippen LogP contribution is -2.40. The number of hydrogen-bond acceptors (Lipinski definition) is 5. The summed E-state index contributed by atoms with van der Waals surface area (Å²) in [6.07, 6.45) is 0. The molecule has 178 valence electrons. The number of carbonyl (C=O) groups excluding carboxylic acids is 1. The van der Waals surface area contributed by atoms with Crippen molar-refractivity contribution in [3.05, 3.63) is 87.4 Å². The van der Waals surface area contributed by atoms with Crippen LogP contribution in [0.3, 0.4) is 0 Å². The molecule has 0 radical (unpaired) electrons. The van der Waals surface area contributed by atoms with Crippen LogP contribution in [0, 0.1) is 0 Å². The molecule has 10 heteroatoms. The lowest BCUT2D eigenvalue weighted by molar-refractivity contribution is 0.0730. The Morgan fingerprint density at radius 1 is 1.06 bits per heavy atom. The molecule has 1 aliphatic heterocycles. The summed E-state index contributed by atoms with van der Waals surface area (Å²) in [6, 6.07) is 19.6. The average Bonchev–Trinajstić information content (AvgIpc) is 2.85. The van der Waals surface area contributed by atoms with Crippen LogP contribution in [-0.4, -0.2) is 44.9 Å². The van der Waals surface area contributed by atoms with E-state index in [-0.39, 0.29) is 36.0 Å². The van der Waals surface area contributed by atoms with Gasteiger partial charge in [0.15, 0.2) is 0 Å². The maximum atomic E-state index is 13.2. The number of benzene rings is 3. The number of nitrogens with zero attached hydrogens (tertiary/aromatic N) is 1. The van der Waals surface area contributed by atoms with Crippen LogP contribution < -0.4 is 5.32 Å². The highest BCUT2D eigenvalue weighted by atomic mass is 79.9. The summed E-state index contributed by atoms with van der Waals surface area (Å²) in [5.74, 6) is -0.376. The van der Waals surface area contributed by atoms with Gasteiger partial charge in [-0.1, -0.05) is 57.5 Å². The van der Waals surface area contributed by atoms with Gasteiger partial charge in [-0.25, -0.2) is 8.42 Å². The van der Waals surface area contributed by atoms with Gasteiger partial charge in [-0.3, -0.25) is 4.79 Å². The van der Waals surface area contributed by atoms with E-state index in [0.717, 1.165) is 14.9 Å². The highest BCUT2D eigenvalue weighted by molar-refractivity contribution is 9.10. The number of nitrogens with one attached hydrogen (secondary N) is 1. The number of morpholine rings is 1. The molecule has 1 saturated heterocycles. The van der Waals surface area contributed by atoms with E-state index in [1.54, 1.807) is 18.2 Å². The Bertz CT molecular complexity index is 1280. The minimum absolute atomic E-state index is 0.0810. The van der Waals surface area contributed by atoms with Gasteiger partial charge in [0.25, 0.3) is 5.91 Å². The Morgan fingerprint density at radius 3 is 2.47 bits per heavy atom. The van der Waals surface area contributed by atoms with Crippen molar-refractivity contribution in [2.75, 3.05) is 26.3 Å². The molecule has 0 aromatic heterocycles. The van der Waals surface area contributed by atoms with Crippen LogP contribution in [0.2, 0.25) is 5.02 Å². The number of rotatable bonds is 7. The normalized spacial score (nSPS) is 14.6. The topological polar surface area (TPSA) is 75.7 Å². The maximum Gasteiger partial charge on any atom is 0.252 e. The van der Waals surface area contributed by atoms with Crippen LogP contribution in [0.25, 0.3) is 0 Å². The molecule has 1 N–H and O–H groups in total. The van der Waals surface area contributed by atoms with Gasteiger partial charge in [-0.2, -0.15) is 4.31 Å². The largest absolute Gasteiger partial charge is 0.379 e. The molecule has 4 rings (SSSR count). The van der Waals surface area contributed by atoms with Gasteiger partial charge in [0.05, 0.1) is 23.7 Å². The van der Waals surface area contributed by atoms with Crippen LogP contribution in [0.15, 0.2) is 85.9 Å². The Labute approximate surface area is 216 Å². The lowest BCUT2D eigenvalue weighted by atomic mass is 10.2. The van der Waals surface area contributed by atoms with E-state index in [1.165, 1.54) is 22.1 Å². The fourth-order valence-corrected chi connectivity index (χ4v) is 6.24. The number of halogens is 2. The molecule has 0 unspecified atom stereocenters. The first-order valence-electron chi connectivity index (χ1n) is 10.5. The van der Waals surface area contributed by atoms with Crippen molar-refractivity contribution < 1.29 is 17.9 Å². The molecule has 1 heterocycles. The van der Waals surface area contributed by atoms with Gasteiger partial charge < -0.3 is 10.1 Å². The smallest absolute Gasteiger partial charge is 0.252 e. The van der Waals surface area contributed by atoms with Crippen LogP contribution in [-0.2, 0) is 21.3 Å². The van der Waals surface area contributed by atoms with Crippen molar-refractivity contribution in [3.63, 3.8) is 0 Å². The number of sulfonamides is 1. The Balaban J connectivity index is 1.65. The summed E-state index contributed by atoms with van der Waals surface area (Å²) in [5.41, 5.74) is 1.06. The van der Waals surface area contributed by atoms with E-state index in [2.05, 4.69) is 21.2 Å². The molecule has 0 aliphatic carbocycles. The summed E-state index contributed by atoms with van der Waals surface area (Å²) in [6.45, 7) is 1.49. The lowest BCUT2D eigenvalue weighted by Gasteiger charge is -2.26. The van der Waals surface area contributed by atoms with Gasteiger partial charge in [0.2, 0.25) is 10.0 Å². The molecule has 3 aromatic carbocycles. The van der Waals surface area contributed by atoms with Crippen molar-refractivity contribution >= 4 is 55.2 Å². The van der Waals surface area contributed by atoms with Crippen LogP contribution in [0.1, 0.15) is 15.9 Å². The molecule has 6 nitrogen and oxygen atoms in total. The first-order valence-corrected chi connectivity index (χ1v) is 13.9. The van der Waals surface area contributed by atoms with Crippen molar-refractivity contribution in [2.45, 2.75) is 21.2 Å². The summed E-state index contributed by atoms with van der Waals surface area (Å²) in [4.78, 5) is 14.9. The maximum absolute atomic E-state index is 13.2. The molecular formula is C24H22BrClN2O4S2. The van der Waals surface area contributed by atoms with Gasteiger partial charge in [-0.05, 0) is 54.1 Å². The zero-order valence-electron chi connectivity index (χ0n) is 18.0. The molecule has 0 spiro atoms. The second-order valence-electron chi connectivity index (χ2n) is 7.50. The molecule has 1 fully saturated rings. The van der Waals surface area contributed by atoms with Gasteiger partial charge in [0.1, 0.15) is 0 Å². The van der Waals surface area contributed by atoms with Crippen molar-refractivity contribution in [2.24, 2.45) is 0 Å². The van der Waals surface area contributed by atoms with E-state index in [0.29, 0.717) is 23.1 Å². The Morgan fingerprint density at radius 2 is 1.76 bits per heavy atom. The molecule has 0 atom stereocenters. The van der Waals surface area contributed by atoms with Crippen molar-refractivity contribution in [3.8, 4) is 0 Å². The minimum atomic E-state index is -3.75. The highest BCUT2D eigenvalue weighted by Crippen LogP contribution is 2.33. The van der Waals surface area contributed by atoms with E-state index in [4.69, 9.17) is 16.3 Å². The van der Waals surface area contributed by atoms with Crippen molar-refractivity contribution in [1.29, 1.82) is 0 Å². The third-order valence-corrected chi connectivity index (χ3v) is 9.12. The summed E-state index contributed by atoms with van der Waals surface area (Å²) >= 11 is 11.0. The average molecular weight is 582 g/mol. The summed E-state index contributed by atoms with van der Waals surface area (Å²) in [7, 11) is -3.75. The molecule has 0 bridgehead atoms. The molecule has 1 aliphatic rings. The molecule has 3 aromatic rings. The standard InChI is InChI=1S/C24H22BrClN2O4S2/c25-18-5-7-19(8-6-18)33-23-10-9-20(34(30,31)28-11-13-32-14-12-28)15-21(23)24(29)27-16-17-3-1-2-4-22(17)26/h1-10,15H,11-14,16H2,(H,27,29). The molecular weight excluding hydrogens is 560 g/mol. The second kappa shape index (κ2) is 11.2. The number of ether oxygens (including phenoxy) is 1. The Hall–Kier alpha value is -1.88. The zero-order valence-corrected chi connectivity index (χ0v) is 22.0. The predicted molar refractivity (Wildman–Crippen MR) is 137 cm³/mol. The monoisotopic (exact) mass is 580 g/mol. The van der Waals surface area contributed by atoms with Crippen molar-refractivity contribution in [1.82, 2.24) is 9.62 Å². The molecule has 0 saturated carbocycles. The molecule has 34 heavy (non-hydrogen) atoms. The summed E-state index contributed by atoms with van der Waals surface area (Å²) < 4.78 is 34.0. The van der Waals surface area contributed by atoms with E-state index in [9.17, 15) is 13.2 Å². The zero-order chi connectivity index (χ0) is 24.1. The number of hydrogen-bond donors (Lipinski definition) is 1. The highest BCUT2D eigenvalue weighted by Gasteiger charge is 2.28. The summed E-state index contributed by atoms with van der Waals surface area (Å²) in [5, 5.41) is 3.43. The van der Waals surface area contributed by atoms with E-state index < -0.39 is 10.0 Å². The predicted octanol–water partition coefficient (Wildman–Crippen LogP) is 5.20. The fourth-order valence-electron chi connectivity index (χ4n) is 3.41. The van der Waals surface area contributed by atoms with Crippen LogP contribution >= 0.6 is 39.3 Å². The first-order chi connectivity index (χ1) is 16.3. The van der Waals surface area contributed by atoms with Gasteiger partial charge in [-0.15, -0.1) is 0 Å². The second-order valence-corrected chi connectivity index (χ2v) is 11.9. The fraction of sp³-hybridized carbons (Fsp3) is 0.208. The minimum Gasteiger partial charge on any atom is -0.379 e. The number of carbonyl (C=O) groups is 1. The van der Waals surface area contributed by atoms with E-state index >= 15 is 0 Å². The Kier molecular flexibility index (Phi) is 8.34. The SMILES string of the molecule is O=C(NCc1ccccc1Cl)c1cc(S(=O)(=O)N2CCOCC2)ccc1Sc1ccc(Br)cc1. The first kappa shape index (κ1) is 25.2. The van der Waals surface area contributed by atoms with E-state index in [1.807, 2.05) is 42.5 Å². The van der Waals surface area contributed by atoms with Crippen LogP contribution in [0.5, 0.6) is 0 Å². The van der Waals surface area contributed by atoms with Gasteiger partial charge in [0, 0.05) is 38.9 Å². The molecule has 1 amide bonds.